The van der Waals surface area contributed by atoms with Gasteiger partial charge in [-0.2, -0.15) is 0 Å². The highest BCUT2D eigenvalue weighted by atomic mass is 32.1. The zero-order valence-electron chi connectivity index (χ0n) is 21.6. The number of nitrogens with one attached hydrogen (secondary N) is 2. The number of anilines is 1. The number of carbonyl (C=O) groups excluding carboxylic acids is 2. The maximum absolute atomic E-state index is 13.2. The topological polar surface area (TPSA) is 70.7 Å². The minimum Gasteiger partial charge on any atom is -0.494 e. The highest BCUT2D eigenvalue weighted by Crippen LogP contribution is 2.25. The van der Waals surface area contributed by atoms with Gasteiger partial charge < -0.3 is 15.0 Å². The van der Waals surface area contributed by atoms with Gasteiger partial charge in [-0.3, -0.25) is 14.9 Å². The number of hydrogen-bond donors (Lipinski definition) is 2. The normalized spacial score (nSPS) is 13.6. The van der Waals surface area contributed by atoms with Crippen molar-refractivity contribution in [3.05, 3.63) is 59.7 Å². The molecule has 194 valence electrons. The maximum Gasteiger partial charge on any atom is 0.257 e. The molecular weight excluding hydrogens is 470 g/mol. The molecule has 2 amide bonds. The van der Waals surface area contributed by atoms with Crippen molar-refractivity contribution in [1.82, 2.24) is 10.2 Å². The van der Waals surface area contributed by atoms with Crippen molar-refractivity contribution >= 4 is 34.8 Å². The summed E-state index contributed by atoms with van der Waals surface area (Å²) in [4.78, 5) is 27.7. The Morgan fingerprint density at radius 2 is 1.67 bits per heavy atom. The van der Waals surface area contributed by atoms with Gasteiger partial charge in [0.1, 0.15) is 5.75 Å². The van der Waals surface area contributed by atoms with E-state index in [1.165, 1.54) is 32.1 Å². The first kappa shape index (κ1) is 27.7. The van der Waals surface area contributed by atoms with Crippen molar-refractivity contribution < 1.29 is 14.3 Å². The van der Waals surface area contributed by atoms with E-state index in [9.17, 15) is 9.59 Å². The second-order valence-corrected chi connectivity index (χ2v) is 9.86. The number of para-hydroxylation sites is 1. The fourth-order valence-corrected chi connectivity index (χ4v) is 4.73. The number of thiocarbonyl (C=S) groups is 1. The number of hydrogen-bond acceptors (Lipinski definition) is 4. The predicted molar refractivity (Wildman–Crippen MR) is 150 cm³/mol. The van der Waals surface area contributed by atoms with Crippen LogP contribution in [0.2, 0.25) is 0 Å². The van der Waals surface area contributed by atoms with Gasteiger partial charge in [-0.05, 0) is 67.9 Å². The van der Waals surface area contributed by atoms with Gasteiger partial charge in [0.2, 0.25) is 0 Å². The van der Waals surface area contributed by atoms with Gasteiger partial charge in [-0.25, -0.2) is 0 Å². The highest BCUT2D eigenvalue weighted by molar-refractivity contribution is 7.80. The lowest BCUT2D eigenvalue weighted by Crippen LogP contribution is -2.39. The smallest absolute Gasteiger partial charge is 0.257 e. The van der Waals surface area contributed by atoms with Gasteiger partial charge in [0, 0.05) is 18.7 Å². The molecule has 6 nitrogen and oxygen atoms in total. The van der Waals surface area contributed by atoms with Crippen LogP contribution in [0.15, 0.2) is 48.5 Å². The number of amides is 2. The molecular formula is C29H39N3O3S. The summed E-state index contributed by atoms with van der Waals surface area (Å²) in [5, 5.41) is 5.89. The van der Waals surface area contributed by atoms with Crippen molar-refractivity contribution in [2.24, 2.45) is 0 Å². The summed E-state index contributed by atoms with van der Waals surface area (Å²) in [6, 6.07) is 14.6. The predicted octanol–water partition coefficient (Wildman–Crippen LogP) is 6.57. The molecule has 2 aromatic carbocycles. The Kier molecular flexibility index (Phi) is 11.2. The molecule has 1 saturated carbocycles. The Morgan fingerprint density at radius 1 is 0.972 bits per heavy atom. The number of carbonyl (C=O) groups is 2. The summed E-state index contributed by atoms with van der Waals surface area (Å²) in [5.74, 6) is 0.388. The monoisotopic (exact) mass is 509 g/mol. The van der Waals surface area contributed by atoms with Crippen LogP contribution in [0.5, 0.6) is 5.75 Å². The minimum atomic E-state index is -0.318. The van der Waals surface area contributed by atoms with Gasteiger partial charge in [0.25, 0.3) is 11.8 Å². The summed E-state index contributed by atoms with van der Waals surface area (Å²) < 4.78 is 5.77. The number of unbranched alkanes of at least 4 members (excludes halogenated alkanes) is 4. The van der Waals surface area contributed by atoms with Crippen LogP contribution in [0.25, 0.3) is 0 Å². The molecule has 1 aliphatic rings. The molecule has 7 heteroatoms. The minimum absolute atomic E-state index is 0.0416. The van der Waals surface area contributed by atoms with Crippen molar-refractivity contribution in [2.45, 2.75) is 77.2 Å². The van der Waals surface area contributed by atoms with Gasteiger partial charge in [-0.1, -0.05) is 64.0 Å². The quantitative estimate of drug-likeness (QED) is 0.265. The molecule has 36 heavy (non-hydrogen) atoms. The largest absolute Gasteiger partial charge is 0.494 e. The molecule has 0 aliphatic heterocycles. The van der Waals surface area contributed by atoms with Crippen LogP contribution in [-0.4, -0.2) is 41.5 Å². The van der Waals surface area contributed by atoms with Gasteiger partial charge in [0.05, 0.1) is 17.9 Å². The SMILES string of the molecule is CCCCCCCOc1ccc(C(=O)NC(=S)Nc2ccccc2C(=O)N(C)C2CCCCC2)cc1. The van der Waals surface area contributed by atoms with E-state index in [2.05, 4.69) is 17.6 Å². The first-order chi connectivity index (χ1) is 17.5. The van der Waals surface area contributed by atoms with Crippen LogP contribution in [0.3, 0.4) is 0 Å². The Morgan fingerprint density at radius 3 is 2.39 bits per heavy atom. The van der Waals surface area contributed by atoms with E-state index in [0.717, 1.165) is 37.9 Å². The average Bonchev–Trinajstić information content (AvgIpc) is 2.91. The third-order valence-electron chi connectivity index (χ3n) is 6.71. The van der Waals surface area contributed by atoms with E-state index >= 15 is 0 Å². The van der Waals surface area contributed by atoms with E-state index in [1.54, 1.807) is 36.4 Å². The molecule has 0 aromatic heterocycles. The maximum atomic E-state index is 13.2. The van der Waals surface area contributed by atoms with Crippen LogP contribution >= 0.6 is 12.2 Å². The Hall–Kier alpha value is -2.93. The zero-order chi connectivity index (χ0) is 25.8. The van der Waals surface area contributed by atoms with E-state index in [0.29, 0.717) is 23.4 Å². The summed E-state index contributed by atoms with van der Waals surface area (Å²) >= 11 is 5.38. The van der Waals surface area contributed by atoms with Crippen LogP contribution in [0.1, 0.15) is 91.8 Å². The lowest BCUT2D eigenvalue weighted by molar-refractivity contribution is 0.0697. The summed E-state index contributed by atoms with van der Waals surface area (Å²) in [7, 11) is 1.87. The van der Waals surface area contributed by atoms with Gasteiger partial charge >= 0.3 is 0 Å². The highest BCUT2D eigenvalue weighted by Gasteiger charge is 2.24. The van der Waals surface area contributed by atoms with Gasteiger partial charge in [0.15, 0.2) is 5.11 Å². The Labute approximate surface area is 220 Å². The first-order valence-corrected chi connectivity index (χ1v) is 13.6. The molecule has 2 N–H and O–H groups in total. The van der Waals surface area contributed by atoms with Crippen LogP contribution in [0, 0.1) is 0 Å². The second kappa shape index (κ2) is 14.6. The third-order valence-corrected chi connectivity index (χ3v) is 6.91. The number of benzene rings is 2. The lowest BCUT2D eigenvalue weighted by Gasteiger charge is -2.31. The molecule has 0 bridgehead atoms. The molecule has 0 spiro atoms. The molecule has 2 aromatic rings. The lowest BCUT2D eigenvalue weighted by atomic mass is 9.94. The molecule has 1 aliphatic carbocycles. The van der Waals surface area contributed by atoms with Crippen LogP contribution in [0.4, 0.5) is 5.69 Å². The number of rotatable bonds is 11. The van der Waals surface area contributed by atoms with Crippen molar-refractivity contribution in [3.63, 3.8) is 0 Å². The number of ether oxygens (including phenoxy) is 1. The van der Waals surface area contributed by atoms with Crippen molar-refractivity contribution in [2.75, 3.05) is 19.0 Å². The van der Waals surface area contributed by atoms with Gasteiger partial charge in [-0.15, -0.1) is 0 Å². The second-order valence-electron chi connectivity index (χ2n) is 9.45. The first-order valence-electron chi connectivity index (χ1n) is 13.2. The van der Waals surface area contributed by atoms with Crippen LogP contribution < -0.4 is 15.4 Å². The third kappa shape index (κ3) is 8.33. The van der Waals surface area contributed by atoms with E-state index in [1.807, 2.05) is 24.1 Å². The van der Waals surface area contributed by atoms with E-state index in [4.69, 9.17) is 17.0 Å². The molecule has 0 heterocycles. The fourth-order valence-electron chi connectivity index (χ4n) is 4.53. The number of nitrogens with zero attached hydrogens (tertiary/aromatic N) is 1. The molecule has 0 unspecified atom stereocenters. The zero-order valence-corrected chi connectivity index (χ0v) is 22.4. The standard InChI is InChI=1S/C29H39N3O3S/c1-3-4-5-6-12-21-35-24-19-17-22(18-20-24)27(33)31-29(36)30-26-16-11-10-15-25(26)28(34)32(2)23-13-8-7-9-14-23/h10-11,15-20,23H,3-9,12-14,21H2,1-2H3,(H2,30,31,33,36). The molecule has 1 fully saturated rings. The summed E-state index contributed by atoms with van der Waals surface area (Å²) in [6.45, 7) is 2.88. The van der Waals surface area contributed by atoms with Crippen molar-refractivity contribution in [1.29, 1.82) is 0 Å². The average molecular weight is 510 g/mol. The molecule has 0 radical (unpaired) electrons. The molecule has 3 rings (SSSR count). The summed E-state index contributed by atoms with van der Waals surface area (Å²) in [5.41, 5.74) is 1.60. The van der Waals surface area contributed by atoms with Crippen molar-refractivity contribution in [3.8, 4) is 5.75 Å². The Balaban J connectivity index is 1.52. The van der Waals surface area contributed by atoms with E-state index in [-0.39, 0.29) is 23.0 Å². The van der Waals surface area contributed by atoms with E-state index < -0.39 is 0 Å². The summed E-state index contributed by atoms with van der Waals surface area (Å²) in [6.07, 6.45) is 11.6. The Bertz CT molecular complexity index is 1000. The fraction of sp³-hybridized carbons (Fsp3) is 0.483. The van der Waals surface area contributed by atoms with Crippen LogP contribution in [-0.2, 0) is 0 Å². The molecule has 0 saturated heterocycles. The molecule has 0 atom stereocenters.